The first-order chi connectivity index (χ1) is 15.0. The quantitative estimate of drug-likeness (QED) is 0.427. The van der Waals surface area contributed by atoms with Crippen molar-refractivity contribution in [2.75, 3.05) is 48.7 Å². The molecular weight excluding hydrogens is 432 g/mol. The summed E-state index contributed by atoms with van der Waals surface area (Å²) >= 11 is 3.04. The van der Waals surface area contributed by atoms with Crippen LogP contribution in [0.1, 0.15) is 18.3 Å². The van der Waals surface area contributed by atoms with Gasteiger partial charge in [-0.15, -0.1) is 10.2 Å². The van der Waals surface area contributed by atoms with Crippen molar-refractivity contribution >= 4 is 39.8 Å². The molecule has 1 aliphatic rings. The number of thioether (sulfide) groups is 1. The van der Waals surface area contributed by atoms with Gasteiger partial charge in [0, 0.05) is 32.4 Å². The molecule has 4 rings (SSSR count). The first-order valence-corrected chi connectivity index (χ1v) is 12.1. The van der Waals surface area contributed by atoms with E-state index >= 15 is 0 Å². The first-order valence-electron chi connectivity index (χ1n) is 10.3. The number of anilines is 2. The van der Waals surface area contributed by atoms with Crippen molar-refractivity contribution in [3.05, 3.63) is 35.8 Å². The number of carbonyl (C=O) groups excluding carboxylic acids is 1. The Hall–Kier alpha value is -2.50. The molecule has 1 fully saturated rings. The maximum atomic E-state index is 12.4. The highest BCUT2D eigenvalue weighted by molar-refractivity contribution is 8.01. The molecule has 1 N–H and O–H groups in total. The number of hydrogen-bond donors (Lipinski definition) is 1. The summed E-state index contributed by atoms with van der Waals surface area (Å²) in [4.78, 5) is 21.4. The van der Waals surface area contributed by atoms with Gasteiger partial charge < -0.3 is 4.90 Å². The van der Waals surface area contributed by atoms with E-state index in [9.17, 15) is 4.79 Å². The molecule has 4 heterocycles. The predicted molar refractivity (Wildman–Crippen MR) is 124 cm³/mol. The topological polar surface area (TPSA) is 92.1 Å². The molecule has 11 heteroatoms. The second-order valence-electron chi connectivity index (χ2n) is 7.24. The van der Waals surface area contributed by atoms with Gasteiger partial charge in [-0.1, -0.05) is 36.1 Å². The van der Waals surface area contributed by atoms with Crippen LogP contribution in [0.2, 0.25) is 0 Å². The zero-order valence-electron chi connectivity index (χ0n) is 17.9. The van der Waals surface area contributed by atoms with Crippen molar-refractivity contribution in [3.63, 3.8) is 0 Å². The normalized spacial score (nSPS) is 14.7. The molecule has 3 aromatic heterocycles. The number of nitrogens with one attached hydrogen (secondary N) is 1. The molecule has 0 saturated carbocycles. The minimum Gasteiger partial charge on any atom is -0.366 e. The average Bonchev–Trinajstić information content (AvgIpc) is 3.33. The Kier molecular flexibility index (Phi) is 6.83. The van der Waals surface area contributed by atoms with Gasteiger partial charge in [-0.3, -0.25) is 15.0 Å². The van der Waals surface area contributed by atoms with Gasteiger partial charge in [-0.05, 0) is 31.7 Å². The van der Waals surface area contributed by atoms with Crippen molar-refractivity contribution in [2.24, 2.45) is 0 Å². The summed E-state index contributed by atoms with van der Waals surface area (Å²) in [7, 11) is 0. The van der Waals surface area contributed by atoms with Gasteiger partial charge >= 0.3 is 0 Å². The minimum absolute atomic E-state index is 0.0482. The summed E-state index contributed by atoms with van der Waals surface area (Å²) in [6.07, 6.45) is 1.78. The van der Waals surface area contributed by atoms with Gasteiger partial charge in [0.05, 0.1) is 23.6 Å². The van der Waals surface area contributed by atoms with Gasteiger partial charge in [0.1, 0.15) is 0 Å². The number of carbonyl (C=O) groups is 1. The fourth-order valence-corrected chi connectivity index (χ4v) is 5.39. The summed E-state index contributed by atoms with van der Waals surface area (Å²) in [5, 5.41) is 16.3. The standard InChI is InChI=1S/C20H26N8OS2/c1-4-30-20-24-23-19(31-20)22-17(29)13-26-9-11-27(12-10-26)18-14(2)25-28(15(18)3)16-7-5-6-8-21-16/h5-8H,4,9-13H2,1-3H3,(H,22,23,29). The zero-order valence-corrected chi connectivity index (χ0v) is 19.5. The monoisotopic (exact) mass is 458 g/mol. The molecule has 0 atom stereocenters. The lowest BCUT2D eigenvalue weighted by Crippen LogP contribution is -2.49. The van der Waals surface area contributed by atoms with E-state index in [1.807, 2.05) is 29.8 Å². The fraction of sp³-hybridized carbons (Fsp3) is 0.450. The summed E-state index contributed by atoms with van der Waals surface area (Å²) < 4.78 is 2.78. The molecule has 1 amide bonds. The van der Waals surface area contributed by atoms with Gasteiger partial charge in [-0.25, -0.2) is 9.67 Å². The minimum atomic E-state index is -0.0482. The van der Waals surface area contributed by atoms with Crippen molar-refractivity contribution in [2.45, 2.75) is 25.1 Å². The van der Waals surface area contributed by atoms with Crippen LogP contribution in [-0.4, -0.2) is 74.2 Å². The van der Waals surface area contributed by atoms with Crippen LogP contribution in [-0.2, 0) is 4.79 Å². The highest BCUT2D eigenvalue weighted by Crippen LogP contribution is 2.27. The van der Waals surface area contributed by atoms with Gasteiger partial charge in [-0.2, -0.15) is 5.10 Å². The molecule has 0 aliphatic carbocycles. The van der Waals surface area contributed by atoms with Crippen LogP contribution in [0.4, 0.5) is 10.8 Å². The summed E-state index contributed by atoms with van der Waals surface area (Å²) in [6.45, 7) is 9.86. The van der Waals surface area contributed by atoms with Crippen LogP contribution < -0.4 is 10.2 Å². The molecule has 0 aromatic carbocycles. The Morgan fingerprint density at radius 1 is 1.19 bits per heavy atom. The molecule has 1 saturated heterocycles. The number of aryl methyl sites for hydroxylation is 1. The van der Waals surface area contributed by atoms with Crippen LogP contribution in [0.15, 0.2) is 28.7 Å². The Labute approximate surface area is 189 Å². The predicted octanol–water partition coefficient (Wildman–Crippen LogP) is 2.61. The Morgan fingerprint density at radius 3 is 2.71 bits per heavy atom. The van der Waals surface area contributed by atoms with Gasteiger partial charge in [0.2, 0.25) is 11.0 Å². The third-order valence-corrected chi connectivity index (χ3v) is 6.95. The molecular formula is C20H26N8OS2. The second-order valence-corrected chi connectivity index (χ2v) is 9.73. The van der Waals surface area contributed by atoms with E-state index in [4.69, 9.17) is 5.10 Å². The molecule has 3 aromatic rings. The Morgan fingerprint density at radius 2 is 2.00 bits per heavy atom. The van der Waals surface area contributed by atoms with Crippen molar-refractivity contribution in [1.29, 1.82) is 0 Å². The van der Waals surface area contributed by atoms with E-state index in [-0.39, 0.29) is 5.91 Å². The second kappa shape index (κ2) is 9.75. The number of aromatic nitrogens is 5. The number of pyridine rings is 1. The largest absolute Gasteiger partial charge is 0.366 e. The highest BCUT2D eigenvalue weighted by Gasteiger charge is 2.24. The van der Waals surface area contributed by atoms with Crippen molar-refractivity contribution < 1.29 is 4.79 Å². The molecule has 31 heavy (non-hydrogen) atoms. The molecule has 0 unspecified atom stereocenters. The van der Waals surface area contributed by atoms with E-state index in [0.717, 1.165) is 59.2 Å². The maximum absolute atomic E-state index is 12.4. The van der Waals surface area contributed by atoms with E-state index in [2.05, 4.69) is 44.1 Å². The number of piperazine rings is 1. The van der Waals surface area contributed by atoms with Crippen LogP contribution in [0.25, 0.3) is 5.82 Å². The molecule has 9 nitrogen and oxygen atoms in total. The lowest BCUT2D eigenvalue weighted by atomic mass is 10.2. The lowest BCUT2D eigenvalue weighted by Gasteiger charge is -2.35. The van der Waals surface area contributed by atoms with E-state index in [1.54, 1.807) is 18.0 Å². The molecule has 0 spiro atoms. The number of rotatable bonds is 7. The Balaban J connectivity index is 1.33. The molecule has 1 aliphatic heterocycles. The smallest absolute Gasteiger partial charge is 0.240 e. The van der Waals surface area contributed by atoms with Gasteiger partial charge in [0.15, 0.2) is 10.2 Å². The first kappa shape index (κ1) is 21.7. The third kappa shape index (κ3) is 5.05. The van der Waals surface area contributed by atoms with Gasteiger partial charge in [0.25, 0.3) is 0 Å². The SMILES string of the molecule is CCSc1nnc(NC(=O)CN2CCN(c3c(C)nn(-c4ccccn4)c3C)CC2)s1. The van der Waals surface area contributed by atoms with Crippen LogP contribution in [0.3, 0.4) is 0 Å². The number of nitrogens with zero attached hydrogens (tertiary/aromatic N) is 7. The van der Waals surface area contributed by atoms with Crippen LogP contribution in [0, 0.1) is 13.8 Å². The van der Waals surface area contributed by atoms with Crippen molar-refractivity contribution in [1.82, 2.24) is 29.9 Å². The summed E-state index contributed by atoms with van der Waals surface area (Å²) in [6, 6.07) is 5.83. The zero-order chi connectivity index (χ0) is 21.8. The Bertz CT molecular complexity index is 1030. The third-order valence-electron chi connectivity index (χ3n) is 5.10. The highest BCUT2D eigenvalue weighted by atomic mass is 32.2. The van der Waals surface area contributed by atoms with Crippen LogP contribution >= 0.6 is 23.1 Å². The molecule has 0 bridgehead atoms. The number of hydrogen-bond acceptors (Lipinski definition) is 9. The molecule has 164 valence electrons. The van der Waals surface area contributed by atoms with E-state index < -0.39 is 0 Å². The van der Waals surface area contributed by atoms with Crippen LogP contribution in [0.5, 0.6) is 0 Å². The lowest BCUT2D eigenvalue weighted by molar-refractivity contribution is -0.117. The maximum Gasteiger partial charge on any atom is 0.240 e. The summed E-state index contributed by atoms with van der Waals surface area (Å²) in [5.41, 5.74) is 3.23. The fourth-order valence-electron chi connectivity index (χ4n) is 3.73. The molecule has 0 radical (unpaired) electrons. The van der Waals surface area contributed by atoms with E-state index in [0.29, 0.717) is 11.7 Å². The van der Waals surface area contributed by atoms with E-state index in [1.165, 1.54) is 11.3 Å². The number of amides is 1. The average molecular weight is 459 g/mol. The summed E-state index contributed by atoms with van der Waals surface area (Å²) in [5.74, 6) is 1.71. The van der Waals surface area contributed by atoms with Crippen molar-refractivity contribution in [3.8, 4) is 5.82 Å².